The molecule has 1 amide bonds. The monoisotopic (exact) mass is 455 g/mol. The molecule has 0 bridgehead atoms. The van der Waals surface area contributed by atoms with E-state index in [2.05, 4.69) is 28.9 Å². The first-order chi connectivity index (χ1) is 15.4. The standard InChI is InChI=1S/C22H23N3O3S.C2H6O/c1-14-20(24-12-23-13-26)19-17(10-27-15-7-5-4-6-8-15)16-11-28-22(2,3)9-18(16)25-21(19)29-14;1-3-2/h4-8,12-13H,9-11H2,1-3H3,(H,23,24,26);1-2H3. The number of carbonyl (C=O) groups is 1. The maximum absolute atomic E-state index is 10.6. The number of aryl methyl sites for hydroxylation is 1. The van der Waals surface area contributed by atoms with Gasteiger partial charge in [-0.05, 0) is 32.9 Å². The fourth-order valence-corrected chi connectivity index (χ4v) is 4.56. The van der Waals surface area contributed by atoms with E-state index in [1.807, 2.05) is 37.3 Å². The van der Waals surface area contributed by atoms with Gasteiger partial charge in [0.1, 0.15) is 17.2 Å². The van der Waals surface area contributed by atoms with E-state index in [1.54, 1.807) is 25.6 Å². The zero-order valence-electron chi connectivity index (χ0n) is 19.1. The third-order valence-electron chi connectivity index (χ3n) is 4.95. The molecule has 0 saturated carbocycles. The maximum atomic E-state index is 10.6. The Morgan fingerprint density at radius 1 is 1.28 bits per heavy atom. The number of nitrogens with zero attached hydrogens (tertiary/aromatic N) is 2. The minimum Gasteiger partial charge on any atom is -0.489 e. The number of methoxy groups -OCH3 is 1. The molecule has 0 saturated heterocycles. The molecule has 8 heteroatoms. The number of pyridine rings is 1. The molecule has 1 aliphatic rings. The van der Waals surface area contributed by atoms with E-state index in [4.69, 9.17) is 14.5 Å². The third kappa shape index (κ3) is 5.51. The lowest BCUT2D eigenvalue weighted by molar-refractivity contribution is -0.108. The first kappa shape index (κ1) is 23.8. The Balaban J connectivity index is 0.000000913. The van der Waals surface area contributed by atoms with Crippen LogP contribution in [0.4, 0.5) is 5.69 Å². The van der Waals surface area contributed by atoms with Gasteiger partial charge in [0, 0.05) is 42.0 Å². The number of carbonyl (C=O) groups excluding carboxylic acids is 1. The van der Waals surface area contributed by atoms with E-state index < -0.39 is 0 Å². The highest BCUT2D eigenvalue weighted by molar-refractivity contribution is 7.19. The first-order valence-electron chi connectivity index (χ1n) is 10.3. The number of aliphatic imine (C=N–C) groups is 1. The smallest absolute Gasteiger partial charge is 0.212 e. The van der Waals surface area contributed by atoms with E-state index >= 15 is 0 Å². The van der Waals surface area contributed by atoms with E-state index in [9.17, 15) is 4.79 Å². The molecule has 170 valence electrons. The number of fused-ring (bicyclic) bond motifs is 2. The van der Waals surface area contributed by atoms with Crippen LogP contribution in [0, 0.1) is 6.92 Å². The van der Waals surface area contributed by atoms with Gasteiger partial charge in [-0.25, -0.2) is 9.98 Å². The van der Waals surface area contributed by atoms with Crippen LogP contribution >= 0.6 is 11.3 Å². The quantitative estimate of drug-likeness (QED) is 0.331. The van der Waals surface area contributed by atoms with Crippen LogP contribution in [0.5, 0.6) is 5.75 Å². The summed E-state index contributed by atoms with van der Waals surface area (Å²) in [5, 5.41) is 3.45. The van der Waals surface area contributed by atoms with Crippen molar-refractivity contribution in [2.45, 2.75) is 46.0 Å². The highest BCUT2D eigenvalue weighted by Gasteiger charge is 2.31. The van der Waals surface area contributed by atoms with E-state index in [-0.39, 0.29) is 5.60 Å². The van der Waals surface area contributed by atoms with Gasteiger partial charge in [-0.2, -0.15) is 0 Å². The Morgan fingerprint density at radius 2 is 2.00 bits per heavy atom. The minimum absolute atomic E-state index is 0.244. The molecular weight excluding hydrogens is 426 g/mol. The minimum atomic E-state index is -0.244. The predicted octanol–water partition coefficient (Wildman–Crippen LogP) is 4.70. The number of thiophene rings is 1. The molecule has 0 radical (unpaired) electrons. The topological polar surface area (TPSA) is 82.0 Å². The van der Waals surface area contributed by atoms with Gasteiger partial charge in [-0.3, -0.25) is 4.79 Å². The van der Waals surface area contributed by atoms with Crippen LogP contribution in [0.15, 0.2) is 35.3 Å². The second-order valence-electron chi connectivity index (χ2n) is 7.98. The van der Waals surface area contributed by atoms with Crippen molar-refractivity contribution in [3.8, 4) is 5.75 Å². The molecular formula is C24H29N3O4S. The van der Waals surface area contributed by atoms with Crippen molar-refractivity contribution in [3.63, 3.8) is 0 Å². The Morgan fingerprint density at radius 3 is 2.69 bits per heavy atom. The summed E-state index contributed by atoms with van der Waals surface area (Å²) in [6, 6.07) is 9.75. The largest absolute Gasteiger partial charge is 0.489 e. The number of aromatic nitrogens is 1. The normalized spacial score (nSPS) is 14.5. The molecule has 32 heavy (non-hydrogen) atoms. The zero-order chi connectivity index (χ0) is 23.1. The number of hydrogen-bond acceptors (Lipinski definition) is 7. The molecule has 0 fully saturated rings. The van der Waals surface area contributed by atoms with Crippen LogP contribution in [0.2, 0.25) is 0 Å². The van der Waals surface area contributed by atoms with Gasteiger partial charge in [-0.1, -0.05) is 18.2 Å². The van der Waals surface area contributed by atoms with Crippen molar-refractivity contribution >= 4 is 40.0 Å². The number of benzene rings is 1. The number of nitrogens with one attached hydrogen (secondary N) is 1. The molecule has 3 aromatic rings. The first-order valence-corrected chi connectivity index (χ1v) is 11.1. The lowest BCUT2D eigenvalue weighted by Gasteiger charge is -2.32. The van der Waals surface area contributed by atoms with Crippen LogP contribution in [-0.4, -0.2) is 37.6 Å². The number of ether oxygens (including phenoxy) is 3. The summed E-state index contributed by atoms with van der Waals surface area (Å²) in [5.41, 5.74) is 3.75. The molecule has 3 heterocycles. The lowest BCUT2D eigenvalue weighted by atomic mass is 9.92. The maximum Gasteiger partial charge on any atom is 0.212 e. The summed E-state index contributed by atoms with van der Waals surface area (Å²) in [6.07, 6.45) is 2.75. The van der Waals surface area contributed by atoms with Gasteiger partial charge in [-0.15, -0.1) is 11.3 Å². The average Bonchev–Trinajstić information content (AvgIpc) is 3.06. The van der Waals surface area contributed by atoms with Crippen molar-refractivity contribution in [3.05, 3.63) is 52.0 Å². The predicted molar refractivity (Wildman–Crippen MR) is 128 cm³/mol. The van der Waals surface area contributed by atoms with Crippen LogP contribution < -0.4 is 10.1 Å². The number of para-hydroxylation sites is 1. The third-order valence-corrected chi connectivity index (χ3v) is 5.94. The molecule has 7 nitrogen and oxygen atoms in total. The van der Waals surface area contributed by atoms with Gasteiger partial charge < -0.3 is 19.5 Å². The van der Waals surface area contributed by atoms with Gasteiger partial charge in [0.2, 0.25) is 6.41 Å². The van der Waals surface area contributed by atoms with E-state index in [0.29, 0.717) is 19.6 Å². The fourth-order valence-electron chi connectivity index (χ4n) is 3.55. The molecule has 2 aromatic heterocycles. The van der Waals surface area contributed by atoms with E-state index in [0.717, 1.165) is 49.8 Å². The van der Waals surface area contributed by atoms with Gasteiger partial charge in [0.25, 0.3) is 0 Å². The summed E-state index contributed by atoms with van der Waals surface area (Å²) >= 11 is 1.61. The molecule has 0 spiro atoms. The molecule has 1 N–H and O–H groups in total. The van der Waals surface area contributed by atoms with Crippen molar-refractivity contribution in [1.82, 2.24) is 10.3 Å². The van der Waals surface area contributed by atoms with Gasteiger partial charge >= 0.3 is 0 Å². The highest BCUT2D eigenvalue weighted by atomic mass is 32.1. The Hall–Kier alpha value is -2.81. The van der Waals surface area contributed by atoms with Crippen LogP contribution in [0.25, 0.3) is 10.2 Å². The highest BCUT2D eigenvalue weighted by Crippen LogP contribution is 2.42. The van der Waals surface area contributed by atoms with E-state index in [1.165, 1.54) is 6.34 Å². The molecule has 0 unspecified atom stereocenters. The fraction of sp³-hybridized carbons (Fsp3) is 0.375. The van der Waals surface area contributed by atoms with Gasteiger partial charge in [0.05, 0.1) is 29.9 Å². The number of amides is 1. The van der Waals surface area contributed by atoms with Gasteiger partial charge in [0.15, 0.2) is 0 Å². The summed E-state index contributed by atoms with van der Waals surface area (Å²) in [5.74, 6) is 0.808. The lowest BCUT2D eigenvalue weighted by Crippen LogP contribution is -2.33. The zero-order valence-corrected chi connectivity index (χ0v) is 19.9. The van der Waals surface area contributed by atoms with Crippen LogP contribution in [0.3, 0.4) is 0 Å². The second kappa shape index (κ2) is 10.7. The van der Waals surface area contributed by atoms with Crippen LogP contribution in [-0.2, 0) is 33.9 Å². The van der Waals surface area contributed by atoms with Crippen molar-refractivity contribution < 1.29 is 19.0 Å². The van der Waals surface area contributed by atoms with Crippen molar-refractivity contribution in [2.24, 2.45) is 4.99 Å². The van der Waals surface area contributed by atoms with Crippen molar-refractivity contribution in [2.75, 3.05) is 14.2 Å². The SMILES string of the molecule is COC.Cc1sc2nc3c(c(COc4ccccc4)c2c1N=CNC=O)COC(C)(C)C3. The number of rotatable bonds is 6. The second-order valence-corrected chi connectivity index (χ2v) is 9.18. The molecule has 1 aromatic carbocycles. The summed E-state index contributed by atoms with van der Waals surface area (Å²) < 4.78 is 16.4. The summed E-state index contributed by atoms with van der Waals surface area (Å²) in [4.78, 5) is 22.0. The van der Waals surface area contributed by atoms with Crippen LogP contribution in [0.1, 0.15) is 35.5 Å². The Kier molecular flexibility index (Phi) is 7.95. The Bertz CT molecular complexity index is 1090. The molecule has 0 atom stereocenters. The summed E-state index contributed by atoms with van der Waals surface area (Å²) in [7, 11) is 3.25. The summed E-state index contributed by atoms with van der Waals surface area (Å²) in [6.45, 7) is 7.07. The molecule has 1 aliphatic heterocycles. The average molecular weight is 456 g/mol. The molecule has 4 rings (SSSR count). The molecule has 0 aliphatic carbocycles. The van der Waals surface area contributed by atoms with Crippen molar-refractivity contribution in [1.29, 1.82) is 0 Å². The number of hydrogen-bond donors (Lipinski definition) is 1. The Labute approximate surface area is 192 Å².